The maximum atomic E-state index is 13.2. The van der Waals surface area contributed by atoms with E-state index in [9.17, 15) is 9.90 Å². The van der Waals surface area contributed by atoms with E-state index in [-0.39, 0.29) is 12.6 Å². The molecule has 1 aliphatic heterocycles. The first kappa shape index (κ1) is 19.0. The molecular formula is C22H24N4O3. The molecule has 2 amide bonds. The molecule has 7 heteroatoms. The zero-order valence-corrected chi connectivity index (χ0v) is 16.5. The number of hydrogen-bond donors (Lipinski definition) is 2. The van der Waals surface area contributed by atoms with Gasteiger partial charge in [-0.15, -0.1) is 0 Å². The number of benzene rings is 2. The summed E-state index contributed by atoms with van der Waals surface area (Å²) < 4.78 is 5.28. The molecule has 2 heterocycles. The molecule has 0 aliphatic carbocycles. The van der Waals surface area contributed by atoms with Crippen LogP contribution in [0.15, 0.2) is 54.9 Å². The number of carbonyl (C=O) groups is 1. The zero-order valence-electron chi connectivity index (χ0n) is 16.5. The Labute approximate surface area is 169 Å². The lowest BCUT2D eigenvalue weighted by Gasteiger charge is -2.27. The molecule has 7 nitrogen and oxygen atoms in total. The predicted molar refractivity (Wildman–Crippen MR) is 111 cm³/mol. The number of carbonyl (C=O) groups excluding carboxylic acids is 1. The first-order valence-electron chi connectivity index (χ1n) is 9.55. The molecule has 1 saturated heterocycles. The van der Waals surface area contributed by atoms with Crippen LogP contribution in [0.1, 0.15) is 17.2 Å². The molecular weight excluding hydrogens is 368 g/mol. The number of nitrogens with one attached hydrogen (secondary N) is 1. The number of aliphatic hydroxyl groups excluding tert-OH is 1. The highest BCUT2D eigenvalue weighted by Crippen LogP contribution is 2.32. The molecule has 4 rings (SSSR count). The lowest BCUT2D eigenvalue weighted by molar-refractivity contribution is 0.153. The van der Waals surface area contributed by atoms with Crippen LogP contribution in [0, 0.1) is 6.92 Å². The predicted octanol–water partition coefficient (Wildman–Crippen LogP) is 3.37. The van der Waals surface area contributed by atoms with E-state index in [0.29, 0.717) is 18.8 Å². The molecule has 3 aromatic rings. The van der Waals surface area contributed by atoms with Crippen LogP contribution in [0.4, 0.5) is 10.5 Å². The van der Waals surface area contributed by atoms with Crippen LogP contribution < -0.4 is 9.64 Å². The van der Waals surface area contributed by atoms with Crippen molar-refractivity contribution in [3.8, 4) is 16.9 Å². The number of anilines is 1. The number of amides is 2. The number of aromatic nitrogens is 2. The molecule has 2 aromatic carbocycles. The van der Waals surface area contributed by atoms with E-state index in [1.807, 2.05) is 55.6 Å². The molecule has 1 fully saturated rings. The summed E-state index contributed by atoms with van der Waals surface area (Å²) in [4.78, 5) is 16.6. The van der Waals surface area contributed by atoms with Gasteiger partial charge in [-0.25, -0.2) is 4.79 Å². The summed E-state index contributed by atoms with van der Waals surface area (Å²) in [7, 11) is 1.60. The molecule has 2 N–H and O–H groups in total. The van der Waals surface area contributed by atoms with E-state index in [4.69, 9.17) is 4.74 Å². The fourth-order valence-electron chi connectivity index (χ4n) is 3.85. The number of aromatic amines is 1. The highest BCUT2D eigenvalue weighted by Gasteiger charge is 2.35. The van der Waals surface area contributed by atoms with Crippen LogP contribution in [0.3, 0.4) is 0 Å². The number of rotatable bonds is 6. The molecule has 1 aromatic heterocycles. The van der Waals surface area contributed by atoms with Crippen molar-refractivity contribution in [1.82, 2.24) is 15.1 Å². The second kappa shape index (κ2) is 7.97. The summed E-state index contributed by atoms with van der Waals surface area (Å²) >= 11 is 0. The second-order valence-corrected chi connectivity index (χ2v) is 7.09. The Balaban J connectivity index is 1.57. The molecule has 0 bridgehead atoms. The van der Waals surface area contributed by atoms with E-state index >= 15 is 0 Å². The topological polar surface area (TPSA) is 81.7 Å². The van der Waals surface area contributed by atoms with E-state index in [2.05, 4.69) is 10.2 Å². The fourth-order valence-corrected chi connectivity index (χ4v) is 3.85. The largest absolute Gasteiger partial charge is 0.497 e. The molecule has 0 saturated carbocycles. The normalized spacial score (nSPS) is 15.1. The van der Waals surface area contributed by atoms with Crippen molar-refractivity contribution in [2.24, 2.45) is 0 Å². The van der Waals surface area contributed by atoms with Crippen LogP contribution >= 0.6 is 0 Å². The number of aryl methyl sites for hydroxylation is 1. The van der Waals surface area contributed by atoms with Gasteiger partial charge >= 0.3 is 6.03 Å². The minimum absolute atomic E-state index is 0.109. The maximum Gasteiger partial charge on any atom is 0.325 e. The van der Waals surface area contributed by atoms with Gasteiger partial charge in [0, 0.05) is 30.5 Å². The number of hydrogen-bond acceptors (Lipinski definition) is 4. The van der Waals surface area contributed by atoms with Gasteiger partial charge in [0.1, 0.15) is 5.75 Å². The van der Waals surface area contributed by atoms with Gasteiger partial charge < -0.3 is 14.7 Å². The van der Waals surface area contributed by atoms with E-state index in [1.54, 1.807) is 23.1 Å². The Morgan fingerprint density at radius 2 is 2.10 bits per heavy atom. The molecule has 29 heavy (non-hydrogen) atoms. The third-order valence-electron chi connectivity index (χ3n) is 5.40. The van der Waals surface area contributed by atoms with E-state index in [0.717, 1.165) is 27.9 Å². The van der Waals surface area contributed by atoms with Crippen molar-refractivity contribution >= 4 is 11.7 Å². The number of ether oxygens (including phenoxy) is 1. The molecule has 0 spiro atoms. The summed E-state index contributed by atoms with van der Waals surface area (Å²) in [6.45, 7) is 3.00. The van der Waals surface area contributed by atoms with Crippen molar-refractivity contribution < 1.29 is 14.6 Å². The van der Waals surface area contributed by atoms with Gasteiger partial charge in [-0.1, -0.05) is 18.2 Å². The minimum atomic E-state index is -0.408. The Kier molecular flexibility index (Phi) is 5.22. The SMILES string of the molecule is COc1cccc(C(CO)N2CCN(c3ccc(-c4cn[nH]c4)c(C)c3)C2=O)c1. The monoisotopic (exact) mass is 392 g/mol. The summed E-state index contributed by atoms with van der Waals surface area (Å²) in [5, 5.41) is 16.8. The molecule has 0 radical (unpaired) electrons. The first-order valence-corrected chi connectivity index (χ1v) is 9.55. The minimum Gasteiger partial charge on any atom is -0.497 e. The van der Waals surface area contributed by atoms with E-state index < -0.39 is 6.04 Å². The fraction of sp³-hybridized carbons (Fsp3) is 0.273. The van der Waals surface area contributed by atoms with Gasteiger partial charge in [0.25, 0.3) is 0 Å². The highest BCUT2D eigenvalue weighted by atomic mass is 16.5. The van der Waals surface area contributed by atoms with Crippen molar-refractivity contribution in [2.45, 2.75) is 13.0 Å². The first-order chi connectivity index (χ1) is 14.1. The standard InChI is InChI=1S/C22H24N4O3/c1-15-10-18(6-7-20(15)17-12-23-24-13-17)25-8-9-26(22(25)28)21(14-27)16-4-3-5-19(11-16)29-2/h3-7,10-13,21,27H,8-9,14H2,1-2H3,(H,23,24). The number of methoxy groups -OCH3 is 1. The Morgan fingerprint density at radius 3 is 2.79 bits per heavy atom. The highest BCUT2D eigenvalue weighted by molar-refractivity contribution is 5.95. The van der Waals surface area contributed by atoms with Crippen molar-refractivity contribution in [1.29, 1.82) is 0 Å². The lowest BCUT2D eigenvalue weighted by Crippen LogP contribution is -2.36. The van der Waals surface area contributed by atoms with Gasteiger partial charge in [0.05, 0.1) is 26.0 Å². The Hall–Kier alpha value is -3.32. The van der Waals surface area contributed by atoms with Gasteiger partial charge in [-0.05, 0) is 47.9 Å². The average molecular weight is 392 g/mol. The maximum absolute atomic E-state index is 13.2. The van der Waals surface area contributed by atoms with Crippen LogP contribution in [-0.2, 0) is 0 Å². The summed E-state index contributed by atoms with van der Waals surface area (Å²) in [5.74, 6) is 0.704. The molecule has 150 valence electrons. The van der Waals surface area contributed by atoms with Gasteiger partial charge in [-0.3, -0.25) is 10.00 Å². The van der Waals surface area contributed by atoms with Gasteiger partial charge in [0.15, 0.2) is 0 Å². The van der Waals surface area contributed by atoms with Gasteiger partial charge in [0.2, 0.25) is 0 Å². The number of H-pyrrole nitrogens is 1. The Morgan fingerprint density at radius 1 is 1.24 bits per heavy atom. The summed E-state index contributed by atoms with van der Waals surface area (Å²) in [6, 6.07) is 12.9. The van der Waals surface area contributed by atoms with Crippen LogP contribution in [0.25, 0.3) is 11.1 Å². The van der Waals surface area contributed by atoms with E-state index in [1.165, 1.54) is 0 Å². The average Bonchev–Trinajstić information content (AvgIpc) is 3.39. The summed E-state index contributed by atoms with van der Waals surface area (Å²) in [5.41, 5.74) is 4.87. The molecule has 1 atom stereocenters. The van der Waals surface area contributed by atoms with Crippen LogP contribution in [0.2, 0.25) is 0 Å². The quantitative estimate of drug-likeness (QED) is 0.674. The lowest BCUT2D eigenvalue weighted by atomic mass is 10.0. The third kappa shape index (κ3) is 3.56. The Bertz CT molecular complexity index is 1000. The van der Waals surface area contributed by atoms with Crippen LogP contribution in [-0.4, -0.2) is 53.0 Å². The smallest absolute Gasteiger partial charge is 0.325 e. The number of nitrogens with zero attached hydrogens (tertiary/aromatic N) is 3. The molecule has 1 unspecified atom stereocenters. The number of urea groups is 1. The number of aliphatic hydroxyl groups is 1. The van der Waals surface area contributed by atoms with Crippen molar-refractivity contribution in [3.63, 3.8) is 0 Å². The zero-order chi connectivity index (χ0) is 20.4. The second-order valence-electron chi connectivity index (χ2n) is 7.09. The third-order valence-corrected chi connectivity index (χ3v) is 5.40. The summed E-state index contributed by atoms with van der Waals surface area (Å²) in [6.07, 6.45) is 3.63. The van der Waals surface area contributed by atoms with Crippen molar-refractivity contribution in [2.75, 3.05) is 31.7 Å². The van der Waals surface area contributed by atoms with Crippen LogP contribution in [0.5, 0.6) is 5.75 Å². The molecule has 1 aliphatic rings. The van der Waals surface area contributed by atoms with Crippen molar-refractivity contribution in [3.05, 3.63) is 66.0 Å². The van der Waals surface area contributed by atoms with Gasteiger partial charge in [-0.2, -0.15) is 5.10 Å².